The number of rotatable bonds is 10. The van der Waals surface area contributed by atoms with E-state index in [2.05, 4.69) is 24.5 Å². The highest BCUT2D eigenvalue weighted by molar-refractivity contribution is 14.0. The smallest absolute Gasteiger partial charge is 0.214 e. The molecular weight excluding hydrogens is 515 g/mol. The van der Waals surface area contributed by atoms with Crippen LogP contribution in [-0.4, -0.2) is 68.9 Å². The fourth-order valence-electron chi connectivity index (χ4n) is 4.26. The van der Waals surface area contributed by atoms with Gasteiger partial charge < -0.3 is 15.4 Å². The van der Waals surface area contributed by atoms with Crippen molar-refractivity contribution in [3.05, 3.63) is 0 Å². The summed E-state index contributed by atoms with van der Waals surface area (Å²) in [5, 5.41) is 6.89. The van der Waals surface area contributed by atoms with Crippen LogP contribution in [0.3, 0.4) is 0 Å². The predicted molar refractivity (Wildman–Crippen MR) is 135 cm³/mol. The van der Waals surface area contributed by atoms with E-state index in [-0.39, 0.29) is 41.4 Å². The second kappa shape index (κ2) is 14.1. The van der Waals surface area contributed by atoms with Crippen LogP contribution in [0.2, 0.25) is 0 Å². The number of halogens is 1. The van der Waals surface area contributed by atoms with Gasteiger partial charge in [0.05, 0.1) is 17.9 Å². The Kier molecular flexibility index (Phi) is 13.1. The average molecular weight is 559 g/mol. The van der Waals surface area contributed by atoms with E-state index in [1.807, 2.05) is 6.92 Å². The number of nitrogens with one attached hydrogen (secondary N) is 2. The summed E-state index contributed by atoms with van der Waals surface area (Å²) in [5.74, 6) is 1.07. The number of piperidine rings is 1. The van der Waals surface area contributed by atoms with Gasteiger partial charge >= 0.3 is 0 Å². The van der Waals surface area contributed by atoms with Crippen molar-refractivity contribution >= 4 is 40.0 Å². The molecule has 30 heavy (non-hydrogen) atoms. The van der Waals surface area contributed by atoms with Gasteiger partial charge in [0, 0.05) is 32.3 Å². The maximum atomic E-state index is 12.3. The first kappa shape index (κ1) is 27.9. The minimum absolute atomic E-state index is 0. The van der Waals surface area contributed by atoms with Crippen molar-refractivity contribution in [3.8, 4) is 0 Å². The summed E-state index contributed by atoms with van der Waals surface area (Å²) in [7, 11) is -3.09. The van der Waals surface area contributed by atoms with Crippen molar-refractivity contribution in [2.24, 2.45) is 4.99 Å². The second-order valence-corrected chi connectivity index (χ2v) is 10.5. The van der Waals surface area contributed by atoms with Gasteiger partial charge in [0.1, 0.15) is 0 Å². The standard InChI is InChI=1S/C21H42N4O3S.HI/c1-4-16-28-21(12-8-7-9-13-21)18-23-20(22-6-3)24-19-10-14-25(15-11-19)29(26,27)17-5-2;/h19H,4-18H2,1-3H3,(H2,22,23,24);1H. The Morgan fingerprint density at radius 1 is 1.10 bits per heavy atom. The molecule has 2 fully saturated rings. The van der Waals surface area contributed by atoms with E-state index < -0.39 is 10.0 Å². The van der Waals surface area contributed by atoms with Gasteiger partial charge in [-0.25, -0.2) is 12.7 Å². The minimum Gasteiger partial charge on any atom is -0.373 e. The Hall–Kier alpha value is -0.130. The van der Waals surface area contributed by atoms with E-state index >= 15 is 0 Å². The molecule has 7 nitrogen and oxygen atoms in total. The fourth-order valence-corrected chi connectivity index (χ4v) is 5.81. The third kappa shape index (κ3) is 8.78. The third-order valence-corrected chi connectivity index (χ3v) is 7.97. The maximum absolute atomic E-state index is 12.3. The van der Waals surface area contributed by atoms with Crippen LogP contribution in [-0.2, 0) is 14.8 Å². The monoisotopic (exact) mass is 558 g/mol. The molecule has 0 atom stereocenters. The van der Waals surface area contributed by atoms with Crippen LogP contribution in [0, 0.1) is 0 Å². The zero-order valence-electron chi connectivity index (χ0n) is 19.1. The number of ether oxygens (including phenoxy) is 1. The highest BCUT2D eigenvalue weighted by Crippen LogP contribution is 2.32. The van der Waals surface area contributed by atoms with Crippen molar-refractivity contribution in [1.29, 1.82) is 0 Å². The SMILES string of the molecule is CCCOC1(CN=C(NCC)NC2CCN(S(=O)(=O)CCC)CC2)CCCCC1.I. The zero-order valence-corrected chi connectivity index (χ0v) is 22.3. The molecule has 0 aromatic heterocycles. The molecule has 0 bridgehead atoms. The van der Waals surface area contributed by atoms with Crippen LogP contribution in [0.5, 0.6) is 0 Å². The van der Waals surface area contributed by atoms with Gasteiger partial charge in [0.15, 0.2) is 5.96 Å². The first-order valence-electron chi connectivity index (χ1n) is 11.6. The quantitative estimate of drug-likeness (QED) is 0.244. The van der Waals surface area contributed by atoms with Crippen molar-refractivity contribution in [3.63, 3.8) is 0 Å². The topological polar surface area (TPSA) is 83.0 Å². The van der Waals surface area contributed by atoms with Crippen LogP contribution >= 0.6 is 24.0 Å². The van der Waals surface area contributed by atoms with Gasteiger partial charge in [-0.1, -0.05) is 33.1 Å². The second-order valence-electron chi connectivity index (χ2n) is 8.42. The Bertz CT molecular complexity index is 601. The van der Waals surface area contributed by atoms with Gasteiger partial charge in [0.25, 0.3) is 0 Å². The van der Waals surface area contributed by atoms with Crippen LogP contribution in [0.25, 0.3) is 0 Å². The lowest BCUT2D eigenvalue weighted by atomic mass is 9.84. The van der Waals surface area contributed by atoms with Crippen molar-refractivity contribution in [2.45, 2.75) is 90.2 Å². The molecule has 0 radical (unpaired) electrons. The van der Waals surface area contributed by atoms with Gasteiger partial charge in [-0.05, 0) is 45.4 Å². The highest BCUT2D eigenvalue weighted by Gasteiger charge is 2.33. The molecule has 2 N–H and O–H groups in total. The summed E-state index contributed by atoms with van der Waals surface area (Å²) in [5.41, 5.74) is -0.117. The molecule has 1 saturated heterocycles. The van der Waals surface area contributed by atoms with Crippen molar-refractivity contribution < 1.29 is 13.2 Å². The van der Waals surface area contributed by atoms with E-state index in [1.165, 1.54) is 19.3 Å². The molecule has 1 aliphatic carbocycles. The van der Waals surface area contributed by atoms with Crippen molar-refractivity contribution in [1.82, 2.24) is 14.9 Å². The first-order chi connectivity index (χ1) is 13.9. The Balaban J connectivity index is 0.00000450. The molecule has 1 aliphatic heterocycles. The third-order valence-electron chi connectivity index (χ3n) is 5.90. The zero-order chi connectivity index (χ0) is 21.2. The molecule has 2 rings (SSSR count). The van der Waals surface area contributed by atoms with Crippen LogP contribution in [0.15, 0.2) is 4.99 Å². The van der Waals surface area contributed by atoms with Crippen molar-refractivity contribution in [2.75, 3.05) is 38.5 Å². The summed E-state index contributed by atoms with van der Waals surface area (Å²) < 4.78 is 32.5. The highest BCUT2D eigenvalue weighted by atomic mass is 127. The van der Waals surface area contributed by atoms with Crippen LogP contribution < -0.4 is 10.6 Å². The summed E-state index contributed by atoms with van der Waals surface area (Å²) in [6.07, 6.45) is 9.21. The predicted octanol–water partition coefficient (Wildman–Crippen LogP) is 3.49. The number of hydrogen-bond donors (Lipinski definition) is 2. The van der Waals surface area contributed by atoms with Gasteiger partial charge in [-0.3, -0.25) is 4.99 Å². The average Bonchev–Trinajstić information content (AvgIpc) is 2.72. The number of sulfonamides is 1. The molecule has 0 aromatic rings. The molecule has 0 spiro atoms. The Morgan fingerprint density at radius 2 is 1.77 bits per heavy atom. The van der Waals surface area contributed by atoms with Gasteiger partial charge in [0.2, 0.25) is 10.0 Å². The van der Waals surface area contributed by atoms with E-state index in [9.17, 15) is 8.42 Å². The lowest BCUT2D eigenvalue weighted by Crippen LogP contribution is -2.50. The van der Waals surface area contributed by atoms with E-state index in [0.29, 0.717) is 26.1 Å². The normalized spacial score (nSPS) is 21.1. The molecule has 2 aliphatic rings. The molecule has 0 aromatic carbocycles. The van der Waals surface area contributed by atoms with Gasteiger partial charge in [-0.15, -0.1) is 24.0 Å². The number of guanidine groups is 1. The molecule has 0 amide bonds. The largest absolute Gasteiger partial charge is 0.373 e. The lowest BCUT2D eigenvalue weighted by molar-refractivity contribution is -0.0624. The molecule has 9 heteroatoms. The van der Waals surface area contributed by atoms with Crippen LogP contribution in [0.4, 0.5) is 0 Å². The summed E-state index contributed by atoms with van der Waals surface area (Å²) >= 11 is 0. The van der Waals surface area contributed by atoms with E-state index in [1.54, 1.807) is 4.31 Å². The molecule has 1 saturated carbocycles. The number of nitrogens with zero attached hydrogens (tertiary/aromatic N) is 2. The fraction of sp³-hybridized carbons (Fsp3) is 0.952. The summed E-state index contributed by atoms with van der Waals surface area (Å²) in [6.45, 7) is 9.59. The Morgan fingerprint density at radius 3 is 2.33 bits per heavy atom. The lowest BCUT2D eigenvalue weighted by Gasteiger charge is -2.36. The summed E-state index contributed by atoms with van der Waals surface area (Å²) in [6, 6.07) is 0.250. The molecule has 1 heterocycles. The first-order valence-corrected chi connectivity index (χ1v) is 13.2. The number of aliphatic imine (C=N–C) groups is 1. The number of hydrogen-bond acceptors (Lipinski definition) is 4. The van der Waals surface area contributed by atoms with Gasteiger partial charge in [-0.2, -0.15) is 0 Å². The molecular formula is C21H43IN4O3S. The Labute approximate surface area is 201 Å². The molecule has 178 valence electrons. The minimum atomic E-state index is -3.09. The maximum Gasteiger partial charge on any atom is 0.214 e. The van der Waals surface area contributed by atoms with E-state index in [4.69, 9.17) is 9.73 Å². The molecule has 0 unspecified atom stereocenters. The van der Waals surface area contributed by atoms with E-state index in [0.717, 1.165) is 51.2 Å². The van der Waals surface area contributed by atoms with Crippen LogP contribution in [0.1, 0.15) is 78.6 Å². The summed E-state index contributed by atoms with van der Waals surface area (Å²) in [4.78, 5) is 4.89.